The number of benzene rings is 1. The Morgan fingerprint density at radius 1 is 1.36 bits per heavy atom. The lowest BCUT2D eigenvalue weighted by molar-refractivity contribution is 0.760. The molecule has 1 unspecified atom stereocenters. The standard InChI is InChI=1S/C9H9Cl2N3/c1-4(12)9-13-7-5(10)2-3-6(11)8(7)14-9/h2-4H,12H2,1H3,(H,13,14). The van der Waals surface area contributed by atoms with Crippen molar-refractivity contribution >= 4 is 34.2 Å². The Kier molecular flexibility index (Phi) is 2.39. The van der Waals surface area contributed by atoms with E-state index in [0.717, 1.165) is 5.52 Å². The average Bonchev–Trinajstić information content (AvgIpc) is 2.57. The molecule has 0 aliphatic heterocycles. The van der Waals surface area contributed by atoms with E-state index >= 15 is 0 Å². The first-order valence-electron chi connectivity index (χ1n) is 4.19. The van der Waals surface area contributed by atoms with Gasteiger partial charge < -0.3 is 10.7 Å². The van der Waals surface area contributed by atoms with Crippen molar-refractivity contribution in [2.75, 3.05) is 0 Å². The molecule has 0 spiro atoms. The van der Waals surface area contributed by atoms with Gasteiger partial charge in [-0.1, -0.05) is 23.2 Å². The first-order valence-corrected chi connectivity index (χ1v) is 4.94. The van der Waals surface area contributed by atoms with Crippen LogP contribution in [0.5, 0.6) is 0 Å². The van der Waals surface area contributed by atoms with Crippen molar-refractivity contribution in [2.45, 2.75) is 13.0 Å². The molecule has 0 saturated heterocycles. The second-order valence-electron chi connectivity index (χ2n) is 3.16. The van der Waals surface area contributed by atoms with Gasteiger partial charge in [0.1, 0.15) is 11.3 Å². The Labute approximate surface area is 91.2 Å². The Morgan fingerprint density at radius 3 is 2.57 bits per heavy atom. The molecule has 74 valence electrons. The van der Waals surface area contributed by atoms with Gasteiger partial charge in [0.15, 0.2) is 0 Å². The van der Waals surface area contributed by atoms with Gasteiger partial charge in [0.2, 0.25) is 0 Å². The van der Waals surface area contributed by atoms with Crippen molar-refractivity contribution in [3.05, 3.63) is 28.0 Å². The van der Waals surface area contributed by atoms with Gasteiger partial charge >= 0.3 is 0 Å². The summed E-state index contributed by atoms with van der Waals surface area (Å²) in [4.78, 5) is 7.33. The average molecular weight is 230 g/mol. The van der Waals surface area contributed by atoms with Crippen molar-refractivity contribution in [1.29, 1.82) is 0 Å². The summed E-state index contributed by atoms with van der Waals surface area (Å²) < 4.78 is 0. The van der Waals surface area contributed by atoms with Gasteiger partial charge in [0.05, 0.1) is 21.6 Å². The summed E-state index contributed by atoms with van der Waals surface area (Å²) in [6.07, 6.45) is 0. The number of rotatable bonds is 1. The third-order valence-corrected chi connectivity index (χ3v) is 2.61. The topological polar surface area (TPSA) is 54.7 Å². The van der Waals surface area contributed by atoms with E-state index in [1.54, 1.807) is 12.1 Å². The molecule has 3 N–H and O–H groups in total. The predicted octanol–water partition coefficient (Wildman–Crippen LogP) is 2.89. The lowest BCUT2D eigenvalue weighted by Crippen LogP contribution is -2.06. The third-order valence-electron chi connectivity index (χ3n) is 1.99. The Bertz CT molecular complexity index is 437. The van der Waals surface area contributed by atoms with Crippen LogP contribution >= 0.6 is 23.2 Å². The number of H-pyrrole nitrogens is 1. The first kappa shape index (κ1) is 9.77. The van der Waals surface area contributed by atoms with Gasteiger partial charge in [-0.05, 0) is 19.1 Å². The molecule has 0 amide bonds. The zero-order chi connectivity index (χ0) is 10.3. The fraction of sp³-hybridized carbons (Fsp3) is 0.222. The van der Waals surface area contributed by atoms with Crippen molar-refractivity contribution < 1.29 is 0 Å². The van der Waals surface area contributed by atoms with E-state index in [1.165, 1.54) is 0 Å². The Morgan fingerprint density at radius 2 is 2.00 bits per heavy atom. The molecule has 1 aromatic carbocycles. The highest BCUT2D eigenvalue weighted by molar-refractivity contribution is 6.39. The zero-order valence-corrected chi connectivity index (χ0v) is 9.02. The minimum Gasteiger partial charge on any atom is -0.339 e. The van der Waals surface area contributed by atoms with Gasteiger partial charge in [-0.15, -0.1) is 0 Å². The van der Waals surface area contributed by atoms with Crippen LogP contribution in [0, 0.1) is 0 Å². The van der Waals surface area contributed by atoms with Gasteiger partial charge in [0.25, 0.3) is 0 Å². The molecule has 2 aromatic rings. The summed E-state index contributed by atoms with van der Waals surface area (Å²) in [7, 11) is 0. The zero-order valence-electron chi connectivity index (χ0n) is 7.51. The van der Waals surface area contributed by atoms with Crippen LogP contribution in [0.25, 0.3) is 11.0 Å². The van der Waals surface area contributed by atoms with Gasteiger partial charge in [0, 0.05) is 0 Å². The highest BCUT2D eigenvalue weighted by atomic mass is 35.5. The molecule has 1 atom stereocenters. The fourth-order valence-corrected chi connectivity index (χ4v) is 1.66. The maximum Gasteiger partial charge on any atom is 0.124 e. The Balaban J connectivity index is 2.75. The molecule has 2 rings (SSSR count). The van der Waals surface area contributed by atoms with Crippen LogP contribution in [0.15, 0.2) is 12.1 Å². The normalized spacial score (nSPS) is 13.4. The van der Waals surface area contributed by atoms with Crippen molar-refractivity contribution in [3.63, 3.8) is 0 Å². The summed E-state index contributed by atoms with van der Waals surface area (Å²) in [5.74, 6) is 0.690. The number of fused-ring (bicyclic) bond motifs is 1. The SMILES string of the molecule is CC(N)c1nc2c(Cl)ccc(Cl)c2[nH]1. The maximum absolute atomic E-state index is 5.98. The van der Waals surface area contributed by atoms with E-state index in [4.69, 9.17) is 28.9 Å². The number of nitrogens with one attached hydrogen (secondary N) is 1. The number of halogens is 2. The maximum atomic E-state index is 5.98. The highest BCUT2D eigenvalue weighted by Crippen LogP contribution is 2.28. The third kappa shape index (κ3) is 1.47. The summed E-state index contributed by atoms with van der Waals surface area (Å²) in [6, 6.07) is 3.29. The van der Waals surface area contributed by atoms with Gasteiger partial charge in [-0.3, -0.25) is 0 Å². The predicted molar refractivity (Wildman–Crippen MR) is 58.7 cm³/mol. The minimum absolute atomic E-state index is 0.158. The summed E-state index contributed by atoms with van der Waals surface area (Å²) in [5, 5.41) is 1.18. The summed E-state index contributed by atoms with van der Waals surface area (Å²) in [6.45, 7) is 1.85. The quantitative estimate of drug-likeness (QED) is 0.791. The molecule has 0 aliphatic carbocycles. The van der Waals surface area contributed by atoms with Crippen LogP contribution < -0.4 is 5.73 Å². The molecule has 0 saturated carbocycles. The van der Waals surface area contributed by atoms with Crippen LogP contribution in [-0.2, 0) is 0 Å². The number of hydrogen-bond donors (Lipinski definition) is 2. The molecule has 3 nitrogen and oxygen atoms in total. The van der Waals surface area contributed by atoms with Crippen LogP contribution in [0.2, 0.25) is 10.0 Å². The molecule has 0 radical (unpaired) electrons. The largest absolute Gasteiger partial charge is 0.339 e. The number of aromatic amines is 1. The van der Waals surface area contributed by atoms with E-state index < -0.39 is 0 Å². The molecular weight excluding hydrogens is 221 g/mol. The molecule has 14 heavy (non-hydrogen) atoms. The number of aromatic nitrogens is 2. The molecule has 0 fully saturated rings. The molecule has 0 bridgehead atoms. The van der Waals surface area contributed by atoms with Gasteiger partial charge in [-0.25, -0.2) is 4.98 Å². The number of nitrogens with two attached hydrogens (primary N) is 1. The smallest absolute Gasteiger partial charge is 0.124 e. The first-order chi connectivity index (χ1) is 6.59. The van der Waals surface area contributed by atoms with Gasteiger partial charge in [-0.2, -0.15) is 0 Å². The lowest BCUT2D eigenvalue weighted by atomic mass is 10.3. The summed E-state index contributed by atoms with van der Waals surface area (Å²) >= 11 is 11.9. The second-order valence-corrected chi connectivity index (χ2v) is 3.98. The van der Waals surface area contributed by atoms with E-state index in [0.29, 0.717) is 21.4 Å². The van der Waals surface area contributed by atoms with Crippen molar-refractivity contribution in [1.82, 2.24) is 9.97 Å². The lowest BCUT2D eigenvalue weighted by Gasteiger charge is -1.96. The van der Waals surface area contributed by atoms with Crippen LogP contribution in [0.3, 0.4) is 0 Å². The van der Waals surface area contributed by atoms with E-state index in [-0.39, 0.29) is 6.04 Å². The van der Waals surface area contributed by atoms with E-state index in [9.17, 15) is 0 Å². The van der Waals surface area contributed by atoms with Crippen LogP contribution in [-0.4, -0.2) is 9.97 Å². The summed E-state index contributed by atoms with van der Waals surface area (Å²) in [5.41, 5.74) is 7.11. The molecule has 1 heterocycles. The van der Waals surface area contributed by atoms with Crippen molar-refractivity contribution in [3.8, 4) is 0 Å². The second kappa shape index (κ2) is 3.42. The molecule has 1 aromatic heterocycles. The van der Waals surface area contributed by atoms with E-state index in [2.05, 4.69) is 9.97 Å². The minimum atomic E-state index is -0.158. The molecule has 0 aliphatic rings. The Hall–Kier alpha value is -0.770. The monoisotopic (exact) mass is 229 g/mol. The number of hydrogen-bond acceptors (Lipinski definition) is 2. The number of imidazole rings is 1. The fourth-order valence-electron chi connectivity index (χ4n) is 1.26. The molecular formula is C9H9Cl2N3. The number of nitrogens with zero attached hydrogens (tertiary/aromatic N) is 1. The van der Waals surface area contributed by atoms with E-state index in [1.807, 2.05) is 6.92 Å². The molecule has 5 heteroatoms. The highest BCUT2D eigenvalue weighted by Gasteiger charge is 2.11. The van der Waals surface area contributed by atoms with Crippen LogP contribution in [0.4, 0.5) is 0 Å². The van der Waals surface area contributed by atoms with Crippen molar-refractivity contribution in [2.24, 2.45) is 5.73 Å². The van der Waals surface area contributed by atoms with Crippen LogP contribution in [0.1, 0.15) is 18.8 Å².